The van der Waals surface area contributed by atoms with Crippen LogP contribution < -0.4 is 5.32 Å². The molecule has 0 saturated carbocycles. The molecule has 0 bridgehead atoms. The van der Waals surface area contributed by atoms with E-state index in [9.17, 15) is 14.7 Å². The number of amides is 1. The number of aromatic nitrogens is 3. The maximum atomic E-state index is 11.9. The SMILES string of the molecule is O=C(O)CNC(=O)c1ncc2nc(-c3cccnc3)sc2c1O. The third-order valence-corrected chi connectivity index (χ3v) is 4.06. The molecule has 3 heterocycles. The van der Waals surface area contributed by atoms with Crippen molar-refractivity contribution >= 4 is 33.4 Å². The Labute approximate surface area is 133 Å². The van der Waals surface area contributed by atoms with Gasteiger partial charge in [-0.3, -0.25) is 14.6 Å². The molecule has 0 aliphatic carbocycles. The van der Waals surface area contributed by atoms with Crippen LogP contribution in [0, 0.1) is 0 Å². The summed E-state index contributed by atoms with van der Waals surface area (Å²) in [7, 11) is 0. The van der Waals surface area contributed by atoms with Crippen molar-refractivity contribution in [1.29, 1.82) is 0 Å². The van der Waals surface area contributed by atoms with Crippen LogP contribution in [0.4, 0.5) is 0 Å². The highest BCUT2D eigenvalue weighted by Gasteiger charge is 2.19. The Bertz CT molecular complexity index is 894. The van der Waals surface area contributed by atoms with Crippen molar-refractivity contribution in [3.63, 3.8) is 0 Å². The minimum atomic E-state index is -1.18. The molecule has 9 heteroatoms. The molecule has 1 amide bonds. The molecule has 0 aliphatic heterocycles. The van der Waals surface area contributed by atoms with Gasteiger partial charge in [-0.15, -0.1) is 11.3 Å². The predicted molar refractivity (Wildman–Crippen MR) is 82.3 cm³/mol. The Kier molecular flexibility index (Phi) is 3.85. The zero-order valence-electron chi connectivity index (χ0n) is 11.6. The van der Waals surface area contributed by atoms with E-state index in [2.05, 4.69) is 20.3 Å². The second kappa shape index (κ2) is 5.97. The van der Waals surface area contributed by atoms with Crippen molar-refractivity contribution in [2.45, 2.75) is 0 Å². The number of pyridine rings is 2. The predicted octanol–water partition coefficient (Wildman–Crippen LogP) is 1.27. The van der Waals surface area contributed by atoms with E-state index < -0.39 is 18.4 Å². The summed E-state index contributed by atoms with van der Waals surface area (Å²) >= 11 is 1.20. The average molecular weight is 330 g/mol. The van der Waals surface area contributed by atoms with Crippen LogP contribution in [-0.4, -0.2) is 43.6 Å². The molecule has 3 aromatic heterocycles. The van der Waals surface area contributed by atoms with Crippen LogP contribution >= 0.6 is 11.3 Å². The van der Waals surface area contributed by atoms with Gasteiger partial charge in [0.1, 0.15) is 21.8 Å². The number of nitrogens with zero attached hydrogens (tertiary/aromatic N) is 3. The van der Waals surface area contributed by atoms with E-state index in [1.54, 1.807) is 18.5 Å². The van der Waals surface area contributed by atoms with Gasteiger partial charge in [0.15, 0.2) is 11.4 Å². The summed E-state index contributed by atoms with van der Waals surface area (Å²) in [4.78, 5) is 34.6. The van der Waals surface area contributed by atoms with Gasteiger partial charge in [-0.2, -0.15) is 0 Å². The third kappa shape index (κ3) is 2.94. The zero-order chi connectivity index (χ0) is 16.4. The molecule has 3 N–H and O–H groups in total. The third-order valence-electron chi connectivity index (χ3n) is 2.93. The largest absolute Gasteiger partial charge is 0.504 e. The molecule has 0 aromatic carbocycles. The first-order chi connectivity index (χ1) is 11.1. The van der Waals surface area contributed by atoms with Gasteiger partial charge in [0.05, 0.1) is 6.20 Å². The van der Waals surface area contributed by atoms with Crippen LogP contribution in [-0.2, 0) is 4.79 Å². The van der Waals surface area contributed by atoms with Crippen molar-refractivity contribution in [2.75, 3.05) is 6.54 Å². The van der Waals surface area contributed by atoms with Gasteiger partial charge in [0.25, 0.3) is 5.91 Å². The number of rotatable bonds is 4. The molecule has 0 unspecified atom stereocenters. The monoisotopic (exact) mass is 330 g/mol. The summed E-state index contributed by atoms with van der Waals surface area (Å²) < 4.78 is 0.402. The van der Waals surface area contributed by atoms with Crippen molar-refractivity contribution in [1.82, 2.24) is 20.3 Å². The van der Waals surface area contributed by atoms with Gasteiger partial charge in [-0.25, -0.2) is 9.97 Å². The summed E-state index contributed by atoms with van der Waals surface area (Å²) in [6.45, 7) is -0.554. The summed E-state index contributed by atoms with van der Waals surface area (Å²) in [5, 5.41) is 21.6. The Morgan fingerprint density at radius 1 is 1.30 bits per heavy atom. The number of carbonyl (C=O) groups is 2. The highest BCUT2D eigenvalue weighted by molar-refractivity contribution is 7.22. The highest BCUT2D eigenvalue weighted by atomic mass is 32.1. The molecule has 0 fully saturated rings. The lowest BCUT2D eigenvalue weighted by Gasteiger charge is -2.03. The number of aromatic hydroxyl groups is 1. The van der Waals surface area contributed by atoms with Crippen LogP contribution in [0.1, 0.15) is 10.5 Å². The molecule has 0 radical (unpaired) electrons. The minimum absolute atomic E-state index is 0.236. The molecule has 23 heavy (non-hydrogen) atoms. The molecule has 0 spiro atoms. The maximum Gasteiger partial charge on any atom is 0.322 e. The normalized spacial score (nSPS) is 10.6. The van der Waals surface area contributed by atoms with Gasteiger partial charge >= 0.3 is 5.97 Å². The number of carboxylic acids is 1. The smallest absolute Gasteiger partial charge is 0.322 e. The molecule has 8 nitrogen and oxygen atoms in total. The quantitative estimate of drug-likeness (QED) is 0.657. The lowest BCUT2D eigenvalue weighted by Crippen LogP contribution is -2.29. The first-order valence-electron chi connectivity index (χ1n) is 6.45. The number of aliphatic carboxylic acids is 1. The second-order valence-electron chi connectivity index (χ2n) is 4.51. The summed E-state index contributed by atoms with van der Waals surface area (Å²) in [5.41, 5.74) is 0.992. The summed E-state index contributed by atoms with van der Waals surface area (Å²) in [6, 6.07) is 3.60. The number of carbonyl (C=O) groups excluding carboxylic acids is 1. The van der Waals surface area contributed by atoms with Gasteiger partial charge < -0.3 is 15.5 Å². The van der Waals surface area contributed by atoms with Crippen molar-refractivity contribution in [2.24, 2.45) is 0 Å². The van der Waals surface area contributed by atoms with Crippen molar-refractivity contribution < 1.29 is 19.8 Å². The first kappa shape index (κ1) is 14.9. The van der Waals surface area contributed by atoms with Crippen LogP contribution in [0.3, 0.4) is 0 Å². The van der Waals surface area contributed by atoms with Crippen LogP contribution in [0.25, 0.3) is 20.8 Å². The molecular weight excluding hydrogens is 320 g/mol. The highest BCUT2D eigenvalue weighted by Crippen LogP contribution is 2.36. The van der Waals surface area contributed by atoms with Gasteiger partial charge in [-0.05, 0) is 12.1 Å². The molecule has 0 atom stereocenters. The Morgan fingerprint density at radius 2 is 2.13 bits per heavy atom. The molecule has 0 aliphatic rings. The molecule has 3 aromatic rings. The number of nitrogens with one attached hydrogen (secondary N) is 1. The van der Waals surface area contributed by atoms with E-state index in [0.29, 0.717) is 15.2 Å². The van der Waals surface area contributed by atoms with Crippen molar-refractivity contribution in [3.8, 4) is 16.3 Å². The fourth-order valence-electron chi connectivity index (χ4n) is 1.90. The van der Waals surface area contributed by atoms with Crippen molar-refractivity contribution in [3.05, 3.63) is 36.4 Å². The lowest BCUT2D eigenvalue weighted by molar-refractivity contribution is -0.135. The number of carboxylic acid groups (broad SMARTS) is 1. The van der Waals surface area contributed by atoms with E-state index in [1.807, 2.05) is 6.07 Å². The number of hydrogen-bond acceptors (Lipinski definition) is 7. The Morgan fingerprint density at radius 3 is 2.83 bits per heavy atom. The molecular formula is C14H10N4O4S. The van der Waals surface area contributed by atoms with E-state index in [1.165, 1.54) is 17.5 Å². The Balaban J connectivity index is 1.99. The van der Waals surface area contributed by atoms with Gasteiger partial charge in [-0.1, -0.05) is 0 Å². The average Bonchev–Trinajstić information content (AvgIpc) is 2.99. The maximum absolute atomic E-state index is 11.9. The first-order valence-corrected chi connectivity index (χ1v) is 7.27. The molecule has 3 rings (SSSR count). The van der Waals surface area contributed by atoms with Crippen LogP contribution in [0.2, 0.25) is 0 Å². The lowest BCUT2D eigenvalue weighted by atomic mass is 10.3. The second-order valence-corrected chi connectivity index (χ2v) is 5.51. The van der Waals surface area contributed by atoms with E-state index in [0.717, 1.165) is 5.56 Å². The van der Waals surface area contributed by atoms with Crippen LogP contribution in [0.5, 0.6) is 5.75 Å². The fourth-order valence-corrected chi connectivity index (χ4v) is 2.87. The standard InChI is InChI=1S/C14H10N4O4S/c19-9(20)6-17-13(22)10-11(21)12-8(5-16-10)18-14(23-12)7-2-1-3-15-4-7/h1-5,21H,6H2,(H,17,22)(H,19,20). The van der Waals surface area contributed by atoms with Gasteiger partial charge in [0.2, 0.25) is 0 Å². The number of thiazole rings is 1. The van der Waals surface area contributed by atoms with Crippen LogP contribution in [0.15, 0.2) is 30.7 Å². The van der Waals surface area contributed by atoms with E-state index in [4.69, 9.17) is 5.11 Å². The topological polar surface area (TPSA) is 125 Å². The fraction of sp³-hybridized carbons (Fsp3) is 0.0714. The number of hydrogen-bond donors (Lipinski definition) is 3. The van der Waals surface area contributed by atoms with Gasteiger partial charge in [0, 0.05) is 18.0 Å². The number of fused-ring (bicyclic) bond motifs is 1. The summed E-state index contributed by atoms with van der Waals surface area (Å²) in [6.07, 6.45) is 4.64. The summed E-state index contributed by atoms with van der Waals surface area (Å²) in [5.74, 6) is -2.27. The van der Waals surface area contributed by atoms with E-state index >= 15 is 0 Å². The van der Waals surface area contributed by atoms with E-state index in [-0.39, 0.29) is 11.4 Å². The molecule has 116 valence electrons. The minimum Gasteiger partial charge on any atom is -0.504 e. The molecule has 0 saturated heterocycles. The zero-order valence-corrected chi connectivity index (χ0v) is 12.4. The Hall–Kier alpha value is -3.07.